The van der Waals surface area contributed by atoms with Crippen molar-refractivity contribution in [3.05, 3.63) is 90.5 Å². The summed E-state index contributed by atoms with van der Waals surface area (Å²) in [5.41, 5.74) is 8.48. The van der Waals surface area contributed by atoms with Crippen molar-refractivity contribution in [3.8, 4) is 16.9 Å². The minimum Gasteiger partial charge on any atom is -0.492 e. The van der Waals surface area contributed by atoms with E-state index in [9.17, 15) is 13.2 Å². The number of nitrogens with two attached hydrogens (primary N) is 2. The Labute approximate surface area is 181 Å². The predicted octanol–water partition coefficient (Wildman–Crippen LogP) is 2.74. The first-order valence-corrected chi connectivity index (χ1v) is 11.0. The normalized spacial score (nSPS) is 11.0. The van der Waals surface area contributed by atoms with Crippen LogP contribution in [0, 0.1) is 0 Å². The Morgan fingerprint density at radius 2 is 1.68 bits per heavy atom. The first-order valence-electron chi connectivity index (χ1n) is 9.44. The summed E-state index contributed by atoms with van der Waals surface area (Å²) in [6, 6.07) is 20.3. The van der Waals surface area contributed by atoms with E-state index < -0.39 is 10.0 Å². The van der Waals surface area contributed by atoms with Gasteiger partial charge in [-0.05, 0) is 35.9 Å². The fourth-order valence-corrected chi connectivity index (χ4v) is 3.74. The molecule has 7 nitrogen and oxygen atoms in total. The smallest absolute Gasteiger partial charge is 0.251 e. The van der Waals surface area contributed by atoms with E-state index in [1.54, 1.807) is 54.6 Å². The van der Waals surface area contributed by atoms with Gasteiger partial charge in [0.05, 0.1) is 11.4 Å². The molecule has 0 aliphatic rings. The van der Waals surface area contributed by atoms with Crippen LogP contribution in [0.15, 0.2) is 84.3 Å². The molecule has 0 radical (unpaired) electrons. The first kappa shape index (κ1) is 22.1. The van der Waals surface area contributed by atoms with Crippen LogP contribution >= 0.6 is 0 Å². The van der Waals surface area contributed by atoms with E-state index in [4.69, 9.17) is 15.6 Å². The molecule has 3 aromatic carbocycles. The van der Waals surface area contributed by atoms with Gasteiger partial charge in [-0.25, -0.2) is 13.6 Å². The number of benzene rings is 3. The fraction of sp³-hybridized carbons (Fsp3) is 0.0870. The van der Waals surface area contributed by atoms with Crippen LogP contribution in [-0.2, 0) is 10.0 Å². The lowest BCUT2D eigenvalue weighted by molar-refractivity contribution is 0.0947. The lowest BCUT2D eigenvalue weighted by Crippen LogP contribution is -2.28. The number of hydrogen-bond donors (Lipinski definition) is 3. The highest BCUT2D eigenvalue weighted by molar-refractivity contribution is 7.89. The van der Waals surface area contributed by atoms with Gasteiger partial charge in [0.25, 0.3) is 5.91 Å². The van der Waals surface area contributed by atoms with Crippen LogP contribution in [0.3, 0.4) is 0 Å². The van der Waals surface area contributed by atoms with E-state index in [2.05, 4.69) is 11.9 Å². The van der Waals surface area contributed by atoms with E-state index >= 15 is 0 Å². The number of nitrogens with one attached hydrogen (secondary N) is 1. The van der Waals surface area contributed by atoms with Gasteiger partial charge in [0.1, 0.15) is 12.4 Å². The summed E-state index contributed by atoms with van der Waals surface area (Å²) < 4.78 is 29.2. The van der Waals surface area contributed by atoms with Crippen LogP contribution in [-0.4, -0.2) is 27.5 Å². The summed E-state index contributed by atoms with van der Waals surface area (Å²) in [6.45, 7) is 4.28. The van der Waals surface area contributed by atoms with Gasteiger partial charge in [-0.15, -0.1) is 0 Å². The maximum Gasteiger partial charge on any atom is 0.251 e. The second-order valence-corrected chi connectivity index (χ2v) is 8.31. The lowest BCUT2D eigenvalue weighted by Gasteiger charge is -2.10. The van der Waals surface area contributed by atoms with Gasteiger partial charge in [-0.2, -0.15) is 0 Å². The fourth-order valence-electron chi connectivity index (χ4n) is 2.98. The Hall–Kier alpha value is -3.62. The highest BCUT2D eigenvalue weighted by atomic mass is 32.2. The Morgan fingerprint density at radius 1 is 0.968 bits per heavy atom. The molecule has 5 N–H and O–H groups in total. The van der Waals surface area contributed by atoms with E-state index in [-0.39, 0.29) is 17.4 Å². The number of ether oxygens (including phenoxy) is 1. The molecule has 0 saturated heterocycles. The van der Waals surface area contributed by atoms with Crippen LogP contribution in [0.25, 0.3) is 16.8 Å². The summed E-state index contributed by atoms with van der Waals surface area (Å²) in [5, 5.41) is 8.07. The lowest BCUT2D eigenvalue weighted by atomic mass is 10.0. The largest absolute Gasteiger partial charge is 0.492 e. The van der Waals surface area contributed by atoms with Gasteiger partial charge in [0, 0.05) is 22.4 Å². The molecule has 3 aromatic rings. The molecule has 160 valence electrons. The molecule has 0 fully saturated rings. The van der Waals surface area contributed by atoms with Gasteiger partial charge in [0.2, 0.25) is 10.0 Å². The molecule has 0 unspecified atom stereocenters. The second-order valence-electron chi connectivity index (χ2n) is 6.78. The molecular weight excluding hydrogens is 414 g/mol. The third kappa shape index (κ3) is 5.71. The summed E-state index contributed by atoms with van der Waals surface area (Å²) in [7, 11) is -3.86. The maximum atomic E-state index is 12.4. The molecule has 8 heteroatoms. The first-order chi connectivity index (χ1) is 14.8. The number of amides is 1. The molecule has 1 amide bonds. The molecule has 0 aliphatic carbocycles. The van der Waals surface area contributed by atoms with Crippen molar-refractivity contribution in [3.63, 3.8) is 0 Å². The number of hydrogen-bond acceptors (Lipinski definition) is 5. The SMILES string of the molecule is C=C(N)c1cccc(OCCNC(=O)c2ccc(-c3ccccc3S(N)(=O)=O)cc2)c1. The van der Waals surface area contributed by atoms with Crippen molar-refractivity contribution < 1.29 is 17.9 Å². The second kappa shape index (κ2) is 9.46. The molecule has 0 heterocycles. The minimum absolute atomic E-state index is 0.0339. The van der Waals surface area contributed by atoms with Crippen molar-refractivity contribution >= 4 is 21.6 Å². The zero-order valence-electron chi connectivity index (χ0n) is 16.7. The molecule has 31 heavy (non-hydrogen) atoms. The summed E-state index contributed by atoms with van der Waals surface area (Å²) in [4.78, 5) is 12.4. The number of carbonyl (C=O) groups is 1. The van der Waals surface area contributed by atoms with Crippen molar-refractivity contribution in [2.45, 2.75) is 4.90 Å². The minimum atomic E-state index is -3.86. The third-order valence-corrected chi connectivity index (χ3v) is 5.48. The van der Waals surface area contributed by atoms with Crippen molar-refractivity contribution in [1.82, 2.24) is 5.32 Å². The Morgan fingerprint density at radius 3 is 2.35 bits per heavy atom. The zero-order chi connectivity index (χ0) is 22.4. The van der Waals surface area contributed by atoms with E-state index in [0.717, 1.165) is 5.56 Å². The molecule has 0 aliphatic heterocycles. The summed E-state index contributed by atoms with van der Waals surface area (Å²) in [5.74, 6) is 0.371. The third-order valence-electron chi connectivity index (χ3n) is 4.51. The highest BCUT2D eigenvalue weighted by Gasteiger charge is 2.15. The van der Waals surface area contributed by atoms with Crippen molar-refractivity contribution in [2.75, 3.05) is 13.2 Å². The van der Waals surface area contributed by atoms with Crippen LogP contribution in [0.5, 0.6) is 5.75 Å². The number of carbonyl (C=O) groups excluding carboxylic acids is 1. The molecule has 3 rings (SSSR count). The maximum absolute atomic E-state index is 12.4. The van der Waals surface area contributed by atoms with Crippen molar-refractivity contribution in [1.29, 1.82) is 0 Å². The molecular formula is C23H23N3O4S. The van der Waals surface area contributed by atoms with Gasteiger partial charge < -0.3 is 15.8 Å². The monoisotopic (exact) mass is 437 g/mol. The topological polar surface area (TPSA) is 125 Å². The average Bonchev–Trinajstić information content (AvgIpc) is 2.76. The van der Waals surface area contributed by atoms with Gasteiger partial charge in [0.15, 0.2) is 0 Å². The average molecular weight is 438 g/mol. The quantitative estimate of drug-likeness (QED) is 0.467. The highest BCUT2D eigenvalue weighted by Crippen LogP contribution is 2.26. The number of primary sulfonamides is 1. The molecule has 0 bridgehead atoms. The Balaban J connectivity index is 1.59. The summed E-state index contributed by atoms with van der Waals surface area (Å²) >= 11 is 0. The van der Waals surface area contributed by atoms with Crippen LogP contribution in [0.1, 0.15) is 15.9 Å². The molecule has 0 atom stereocenters. The predicted molar refractivity (Wildman–Crippen MR) is 121 cm³/mol. The Bertz CT molecular complexity index is 1210. The molecule has 0 aromatic heterocycles. The van der Waals surface area contributed by atoms with Crippen LogP contribution in [0.4, 0.5) is 0 Å². The van der Waals surface area contributed by atoms with Gasteiger partial charge in [-0.1, -0.05) is 49.0 Å². The van der Waals surface area contributed by atoms with Crippen LogP contribution in [0.2, 0.25) is 0 Å². The zero-order valence-corrected chi connectivity index (χ0v) is 17.6. The number of sulfonamides is 1. The molecule has 0 spiro atoms. The number of rotatable bonds is 8. The summed E-state index contributed by atoms with van der Waals surface area (Å²) in [6.07, 6.45) is 0. The van der Waals surface area contributed by atoms with E-state index in [1.165, 1.54) is 6.07 Å². The van der Waals surface area contributed by atoms with Crippen LogP contribution < -0.4 is 20.9 Å². The van der Waals surface area contributed by atoms with Gasteiger partial charge >= 0.3 is 0 Å². The van der Waals surface area contributed by atoms with Crippen molar-refractivity contribution in [2.24, 2.45) is 10.9 Å². The van der Waals surface area contributed by atoms with Gasteiger partial charge in [-0.3, -0.25) is 4.79 Å². The standard InChI is InChI=1S/C23H23N3O4S/c1-16(24)19-5-4-6-20(15-19)30-14-13-26-23(27)18-11-9-17(10-12-18)21-7-2-3-8-22(21)31(25,28)29/h2-12,15H,1,13-14,24H2,(H,26,27)(H2,25,28,29). The molecule has 0 saturated carbocycles. The Kier molecular flexibility index (Phi) is 6.74. The van der Waals surface area contributed by atoms with E-state index in [1.807, 2.05) is 12.1 Å². The van der Waals surface area contributed by atoms with E-state index in [0.29, 0.717) is 34.7 Å².